The molecule has 0 radical (unpaired) electrons. The Morgan fingerprint density at radius 1 is 1.20 bits per heavy atom. The van der Waals surface area contributed by atoms with Crippen LogP contribution in [-0.2, 0) is 11.3 Å². The predicted molar refractivity (Wildman–Crippen MR) is 112 cm³/mol. The van der Waals surface area contributed by atoms with Crippen LogP contribution in [0, 0.1) is 26.6 Å². The van der Waals surface area contributed by atoms with Crippen molar-refractivity contribution in [3.05, 3.63) is 52.1 Å². The Hall–Kier alpha value is -2.74. The van der Waals surface area contributed by atoms with E-state index in [0.717, 1.165) is 0 Å². The lowest BCUT2D eigenvalue weighted by Crippen LogP contribution is -2.43. The lowest BCUT2D eigenvalue weighted by atomic mass is 10.0. The zero-order valence-electron chi connectivity index (χ0n) is 18.2. The molecule has 1 heterocycles. The Labute approximate surface area is 175 Å². The van der Waals surface area contributed by atoms with E-state index in [2.05, 4.69) is 10.6 Å². The fourth-order valence-electron chi connectivity index (χ4n) is 3.46. The van der Waals surface area contributed by atoms with Gasteiger partial charge in [0.25, 0.3) is 11.8 Å². The molecule has 3 N–H and O–H groups in total. The van der Waals surface area contributed by atoms with Crippen molar-refractivity contribution in [1.29, 1.82) is 0 Å². The molecule has 0 fully saturated rings. The lowest BCUT2D eigenvalue weighted by Gasteiger charge is -2.24. The quantitative estimate of drug-likeness (QED) is 0.665. The number of aliphatic hydroxyl groups is 1. The monoisotopic (exact) mass is 421 g/mol. The molecule has 164 valence electrons. The summed E-state index contributed by atoms with van der Waals surface area (Å²) in [6.07, 6.45) is -1.57. The maximum atomic E-state index is 13.5. The van der Waals surface area contributed by atoms with Crippen molar-refractivity contribution in [3.63, 3.8) is 0 Å². The third-order valence-corrected chi connectivity index (χ3v) is 4.77. The first kappa shape index (κ1) is 23.5. The van der Waals surface area contributed by atoms with Crippen LogP contribution in [0.3, 0.4) is 0 Å². The first-order valence-corrected chi connectivity index (χ1v) is 9.70. The largest absolute Gasteiger partial charge is 0.377 e. The summed E-state index contributed by atoms with van der Waals surface area (Å²) in [6, 6.07) is 4.20. The van der Waals surface area contributed by atoms with Gasteiger partial charge in [-0.05, 0) is 70.9 Å². The number of anilines is 1. The van der Waals surface area contributed by atoms with Crippen LogP contribution in [0.1, 0.15) is 59.7 Å². The number of halogens is 2. The SMILES string of the molecule is Cc1cc(NC(=O)c2c(C)c(C(O)C(=O)NC(C)(C)C)n(CCF)c2C)ccc1F. The van der Waals surface area contributed by atoms with Gasteiger partial charge in [-0.25, -0.2) is 8.78 Å². The summed E-state index contributed by atoms with van der Waals surface area (Å²) < 4.78 is 28.2. The van der Waals surface area contributed by atoms with E-state index in [-0.39, 0.29) is 23.6 Å². The Bertz CT molecular complexity index is 962. The zero-order valence-corrected chi connectivity index (χ0v) is 18.2. The summed E-state index contributed by atoms with van der Waals surface area (Å²) in [6.45, 7) is 9.32. The van der Waals surface area contributed by atoms with Crippen LogP contribution in [0.2, 0.25) is 0 Å². The number of hydrogen-bond donors (Lipinski definition) is 3. The second-order valence-corrected chi connectivity index (χ2v) is 8.37. The molecule has 1 aromatic carbocycles. The topological polar surface area (TPSA) is 83.4 Å². The van der Waals surface area contributed by atoms with E-state index in [1.807, 2.05) is 0 Å². The molecule has 1 atom stereocenters. The normalized spacial score (nSPS) is 12.6. The van der Waals surface area contributed by atoms with Gasteiger partial charge >= 0.3 is 0 Å². The van der Waals surface area contributed by atoms with Crippen molar-refractivity contribution in [2.24, 2.45) is 0 Å². The number of aliphatic hydroxyl groups excluding tert-OH is 1. The summed E-state index contributed by atoms with van der Waals surface area (Å²) in [5, 5.41) is 16.1. The van der Waals surface area contributed by atoms with Gasteiger partial charge in [0.1, 0.15) is 12.5 Å². The summed E-state index contributed by atoms with van der Waals surface area (Å²) in [4.78, 5) is 25.5. The van der Waals surface area contributed by atoms with E-state index < -0.39 is 30.1 Å². The maximum Gasteiger partial charge on any atom is 0.257 e. The van der Waals surface area contributed by atoms with Crippen molar-refractivity contribution in [3.8, 4) is 0 Å². The van der Waals surface area contributed by atoms with Gasteiger partial charge in [-0.2, -0.15) is 0 Å². The van der Waals surface area contributed by atoms with Crippen molar-refractivity contribution in [2.75, 3.05) is 12.0 Å². The van der Waals surface area contributed by atoms with Gasteiger partial charge in [0.15, 0.2) is 6.10 Å². The molecule has 0 saturated carbocycles. The fourth-order valence-corrected chi connectivity index (χ4v) is 3.46. The molecule has 2 aromatic rings. The molecule has 0 bridgehead atoms. The molecule has 0 aliphatic heterocycles. The second kappa shape index (κ2) is 8.95. The maximum absolute atomic E-state index is 13.5. The molecule has 30 heavy (non-hydrogen) atoms. The second-order valence-electron chi connectivity index (χ2n) is 8.37. The molecule has 2 amide bonds. The van der Waals surface area contributed by atoms with E-state index in [4.69, 9.17) is 0 Å². The Morgan fingerprint density at radius 3 is 2.37 bits per heavy atom. The highest BCUT2D eigenvalue weighted by atomic mass is 19.1. The fraction of sp³-hybridized carbons (Fsp3) is 0.455. The van der Waals surface area contributed by atoms with E-state index in [1.165, 1.54) is 22.8 Å². The third-order valence-electron chi connectivity index (χ3n) is 4.77. The van der Waals surface area contributed by atoms with E-state index in [9.17, 15) is 23.5 Å². The molecule has 8 heteroatoms. The number of carbonyl (C=O) groups excluding carboxylic acids is 2. The highest BCUT2D eigenvalue weighted by molar-refractivity contribution is 6.06. The third kappa shape index (κ3) is 5.05. The first-order valence-electron chi connectivity index (χ1n) is 9.70. The van der Waals surface area contributed by atoms with Crippen LogP contribution in [0.15, 0.2) is 18.2 Å². The smallest absolute Gasteiger partial charge is 0.257 e. The number of amides is 2. The number of benzene rings is 1. The summed E-state index contributed by atoms with van der Waals surface area (Å²) in [5.74, 6) is -1.51. The standard InChI is InChI=1S/C22H29F2N3O3/c1-12-11-15(7-8-16(12)24)25-20(29)17-13(2)18(27(10-9-23)14(17)3)19(28)21(30)26-22(4,5)6/h7-8,11,19,28H,9-10H2,1-6H3,(H,25,29)(H,26,30). The minimum Gasteiger partial charge on any atom is -0.377 e. The van der Waals surface area contributed by atoms with Crippen LogP contribution in [-0.4, -0.2) is 33.7 Å². The number of carbonyl (C=O) groups is 2. The number of alkyl halides is 1. The number of nitrogens with zero attached hydrogens (tertiary/aromatic N) is 1. The van der Waals surface area contributed by atoms with Crippen molar-refractivity contribution < 1.29 is 23.5 Å². The summed E-state index contributed by atoms with van der Waals surface area (Å²) in [7, 11) is 0. The number of hydrogen-bond acceptors (Lipinski definition) is 3. The van der Waals surface area contributed by atoms with Crippen LogP contribution < -0.4 is 10.6 Å². The molecule has 1 aromatic heterocycles. The van der Waals surface area contributed by atoms with Crippen LogP contribution in [0.5, 0.6) is 0 Å². The summed E-state index contributed by atoms with van der Waals surface area (Å²) in [5.41, 5.74) is 1.44. The zero-order chi connectivity index (χ0) is 22.8. The van der Waals surface area contributed by atoms with Crippen LogP contribution >= 0.6 is 0 Å². The van der Waals surface area contributed by atoms with Gasteiger partial charge in [-0.3, -0.25) is 9.59 Å². The molecular formula is C22H29F2N3O3. The molecule has 0 saturated heterocycles. The molecule has 2 rings (SSSR count). The van der Waals surface area contributed by atoms with Crippen molar-refractivity contribution in [2.45, 2.75) is 59.7 Å². The summed E-state index contributed by atoms with van der Waals surface area (Å²) >= 11 is 0. The Morgan fingerprint density at radius 2 is 1.83 bits per heavy atom. The highest BCUT2D eigenvalue weighted by Gasteiger charge is 2.31. The molecule has 0 spiro atoms. The number of rotatable bonds is 6. The van der Waals surface area contributed by atoms with Crippen LogP contribution in [0.4, 0.5) is 14.5 Å². The van der Waals surface area contributed by atoms with E-state index in [0.29, 0.717) is 22.5 Å². The van der Waals surface area contributed by atoms with Gasteiger partial charge < -0.3 is 20.3 Å². The first-order chi connectivity index (χ1) is 13.9. The number of aromatic nitrogens is 1. The number of aryl methyl sites for hydroxylation is 1. The average Bonchev–Trinajstić information content (AvgIpc) is 2.86. The average molecular weight is 421 g/mol. The molecular weight excluding hydrogens is 392 g/mol. The van der Waals surface area contributed by atoms with Gasteiger partial charge in [-0.15, -0.1) is 0 Å². The minimum absolute atomic E-state index is 0.106. The molecule has 0 aliphatic carbocycles. The lowest BCUT2D eigenvalue weighted by molar-refractivity contribution is -0.131. The van der Waals surface area contributed by atoms with Gasteiger partial charge in [0.2, 0.25) is 0 Å². The predicted octanol–water partition coefficient (Wildman–Crippen LogP) is 3.72. The van der Waals surface area contributed by atoms with Crippen molar-refractivity contribution >= 4 is 17.5 Å². The molecule has 6 nitrogen and oxygen atoms in total. The highest BCUT2D eigenvalue weighted by Crippen LogP contribution is 2.29. The van der Waals surface area contributed by atoms with Crippen LogP contribution in [0.25, 0.3) is 0 Å². The minimum atomic E-state index is -1.57. The Balaban J connectivity index is 2.45. The van der Waals surface area contributed by atoms with Gasteiger partial charge in [0, 0.05) is 16.9 Å². The molecule has 1 unspecified atom stereocenters. The van der Waals surface area contributed by atoms with Gasteiger partial charge in [-0.1, -0.05) is 0 Å². The number of nitrogens with one attached hydrogen (secondary N) is 2. The van der Waals surface area contributed by atoms with Gasteiger partial charge in [0.05, 0.1) is 17.8 Å². The van der Waals surface area contributed by atoms with E-state index >= 15 is 0 Å². The van der Waals surface area contributed by atoms with E-state index in [1.54, 1.807) is 41.5 Å². The Kier molecular flexibility index (Phi) is 7.02. The molecule has 0 aliphatic rings. The van der Waals surface area contributed by atoms with Crippen molar-refractivity contribution in [1.82, 2.24) is 9.88 Å².